The molecule has 1 heterocycles. The Hall–Kier alpha value is -3.28. The molecule has 1 atom stereocenters. The van der Waals surface area contributed by atoms with Crippen LogP contribution in [0.3, 0.4) is 0 Å². The fourth-order valence-electron chi connectivity index (χ4n) is 4.11. The number of carbonyl (C=O) groups is 2. The third-order valence-electron chi connectivity index (χ3n) is 5.72. The number of likely N-dealkylation sites (tertiary alicyclic amines) is 1. The number of unbranched alkanes of at least 4 members (excludes halogenated alkanes) is 2. The van der Waals surface area contributed by atoms with E-state index in [4.69, 9.17) is 9.47 Å². The van der Waals surface area contributed by atoms with Crippen LogP contribution in [0.2, 0.25) is 0 Å². The number of hydrogen-bond donors (Lipinski definition) is 1. The van der Waals surface area contributed by atoms with E-state index in [2.05, 4.69) is 6.92 Å². The molecule has 0 aliphatic carbocycles. The third kappa shape index (κ3) is 5.79. The van der Waals surface area contributed by atoms with Gasteiger partial charge in [-0.1, -0.05) is 38.8 Å². The van der Waals surface area contributed by atoms with Crippen molar-refractivity contribution in [2.75, 3.05) is 13.2 Å². The number of aliphatic hydroxyl groups excluding tert-OH is 1. The van der Waals surface area contributed by atoms with Crippen molar-refractivity contribution in [3.05, 3.63) is 65.2 Å². The van der Waals surface area contributed by atoms with Gasteiger partial charge in [0.2, 0.25) is 0 Å². The van der Waals surface area contributed by atoms with Crippen LogP contribution in [0.15, 0.2) is 54.1 Å². The lowest BCUT2D eigenvalue weighted by Gasteiger charge is -2.25. The fourth-order valence-corrected chi connectivity index (χ4v) is 4.11. The topological polar surface area (TPSA) is 76.1 Å². The molecule has 0 bridgehead atoms. The van der Waals surface area contributed by atoms with Crippen LogP contribution in [0, 0.1) is 0 Å². The Morgan fingerprint density at radius 1 is 0.941 bits per heavy atom. The summed E-state index contributed by atoms with van der Waals surface area (Å²) in [6, 6.07) is 13.7. The van der Waals surface area contributed by atoms with Crippen LogP contribution >= 0.6 is 0 Å². The van der Waals surface area contributed by atoms with Crippen molar-refractivity contribution in [3.8, 4) is 11.5 Å². The van der Waals surface area contributed by atoms with Crippen molar-refractivity contribution in [3.63, 3.8) is 0 Å². The molecule has 1 aliphatic heterocycles. The van der Waals surface area contributed by atoms with Gasteiger partial charge in [0.15, 0.2) is 0 Å². The molecule has 1 unspecified atom stereocenters. The molecular formula is C28H35NO5. The number of Topliss-reactive ketones (excluding diaryl/α,β-unsaturated/α-hetero) is 1. The number of ether oxygens (including phenoxy) is 2. The first-order valence-corrected chi connectivity index (χ1v) is 12.2. The van der Waals surface area contributed by atoms with Crippen molar-refractivity contribution in [1.29, 1.82) is 0 Å². The van der Waals surface area contributed by atoms with Gasteiger partial charge in [0.05, 0.1) is 24.3 Å². The van der Waals surface area contributed by atoms with E-state index >= 15 is 0 Å². The molecule has 0 radical (unpaired) electrons. The zero-order valence-electron chi connectivity index (χ0n) is 20.5. The van der Waals surface area contributed by atoms with E-state index in [9.17, 15) is 14.7 Å². The van der Waals surface area contributed by atoms with Crippen LogP contribution in [0.4, 0.5) is 0 Å². The predicted molar refractivity (Wildman–Crippen MR) is 133 cm³/mol. The highest BCUT2D eigenvalue weighted by molar-refractivity contribution is 6.46. The molecule has 34 heavy (non-hydrogen) atoms. The number of rotatable bonds is 11. The van der Waals surface area contributed by atoms with Gasteiger partial charge in [-0.2, -0.15) is 0 Å². The number of aliphatic hydroxyl groups is 1. The maximum atomic E-state index is 13.0. The number of amides is 1. The van der Waals surface area contributed by atoms with E-state index in [1.807, 2.05) is 45.0 Å². The average molecular weight is 466 g/mol. The summed E-state index contributed by atoms with van der Waals surface area (Å²) in [5.41, 5.74) is 1.33. The molecule has 1 fully saturated rings. The van der Waals surface area contributed by atoms with Crippen molar-refractivity contribution in [2.24, 2.45) is 0 Å². The summed E-state index contributed by atoms with van der Waals surface area (Å²) in [7, 11) is 0. The van der Waals surface area contributed by atoms with Gasteiger partial charge >= 0.3 is 0 Å². The predicted octanol–water partition coefficient (Wildman–Crippen LogP) is 5.87. The van der Waals surface area contributed by atoms with E-state index in [1.54, 1.807) is 29.2 Å². The summed E-state index contributed by atoms with van der Waals surface area (Å²) in [5.74, 6) is -0.0264. The van der Waals surface area contributed by atoms with Gasteiger partial charge in [-0.15, -0.1) is 0 Å². The van der Waals surface area contributed by atoms with Crippen LogP contribution < -0.4 is 9.47 Å². The van der Waals surface area contributed by atoms with E-state index in [-0.39, 0.29) is 17.4 Å². The molecule has 1 N–H and O–H groups in total. The minimum Gasteiger partial charge on any atom is -0.507 e. The van der Waals surface area contributed by atoms with Crippen LogP contribution in [0.25, 0.3) is 5.76 Å². The second-order valence-corrected chi connectivity index (χ2v) is 8.81. The molecule has 0 saturated carbocycles. The Morgan fingerprint density at radius 3 is 2.18 bits per heavy atom. The first-order valence-electron chi connectivity index (χ1n) is 12.2. The first-order chi connectivity index (χ1) is 16.4. The van der Waals surface area contributed by atoms with Gasteiger partial charge in [0.1, 0.15) is 17.3 Å². The second-order valence-electron chi connectivity index (χ2n) is 8.81. The highest BCUT2D eigenvalue weighted by Crippen LogP contribution is 2.40. The molecule has 6 nitrogen and oxygen atoms in total. The number of hydrogen-bond acceptors (Lipinski definition) is 5. The Balaban J connectivity index is 1.94. The van der Waals surface area contributed by atoms with Gasteiger partial charge in [0.25, 0.3) is 11.7 Å². The van der Waals surface area contributed by atoms with Gasteiger partial charge in [0, 0.05) is 12.1 Å². The smallest absolute Gasteiger partial charge is 0.295 e. The molecule has 0 spiro atoms. The van der Waals surface area contributed by atoms with Crippen LogP contribution in [-0.2, 0) is 9.59 Å². The van der Waals surface area contributed by atoms with Gasteiger partial charge in [-0.25, -0.2) is 0 Å². The zero-order valence-corrected chi connectivity index (χ0v) is 20.5. The molecule has 2 aromatic rings. The number of carbonyl (C=O) groups excluding carboxylic acids is 2. The van der Waals surface area contributed by atoms with Crippen LogP contribution in [0.5, 0.6) is 11.5 Å². The van der Waals surface area contributed by atoms with Gasteiger partial charge in [-0.05, 0) is 68.7 Å². The van der Waals surface area contributed by atoms with Crippen molar-refractivity contribution >= 4 is 17.4 Å². The normalized spacial score (nSPS) is 17.4. The summed E-state index contributed by atoms with van der Waals surface area (Å²) in [6.07, 6.45) is 3.97. The van der Waals surface area contributed by atoms with E-state index in [1.165, 1.54) is 0 Å². The maximum Gasteiger partial charge on any atom is 0.295 e. The number of ketones is 1. The maximum absolute atomic E-state index is 13.0. The summed E-state index contributed by atoms with van der Waals surface area (Å²) < 4.78 is 11.5. The lowest BCUT2D eigenvalue weighted by molar-refractivity contribution is -0.139. The Morgan fingerprint density at radius 2 is 1.59 bits per heavy atom. The number of benzene rings is 2. The van der Waals surface area contributed by atoms with Crippen molar-refractivity contribution in [2.45, 2.75) is 65.5 Å². The quantitative estimate of drug-likeness (QED) is 0.194. The minimum atomic E-state index is -0.668. The van der Waals surface area contributed by atoms with E-state index in [0.717, 1.165) is 30.6 Å². The highest BCUT2D eigenvalue weighted by atomic mass is 16.5. The summed E-state index contributed by atoms with van der Waals surface area (Å²) in [4.78, 5) is 27.4. The fraction of sp³-hybridized carbons (Fsp3) is 0.429. The summed E-state index contributed by atoms with van der Waals surface area (Å²) in [5, 5.41) is 11.1. The molecule has 1 saturated heterocycles. The molecule has 2 aromatic carbocycles. The molecule has 1 amide bonds. The second kappa shape index (κ2) is 11.7. The number of nitrogens with zero attached hydrogens (tertiary/aromatic N) is 1. The van der Waals surface area contributed by atoms with Crippen LogP contribution in [-0.4, -0.2) is 41.0 Å². The zero-order chi connectivity index (χ0) is 24.7. The monoisotopic (exact) mass is 465 g/mol. The summed E-state index contributed by atoms with van der Waals surface area (Å²) in [6.45, 7) is 9.04. The SMILES string of the molecule is CCCCCOc1ccc(C2/C(=C(/O)c3ccc(OC(C)C)cc3)C(=O)C(=O)N2CCC)cc1. The summed E-state index contributed by atoms with van der Waals surface area (Å²) >= 11 is 0. The lowest BCUT2D eigenvalue weighted by Crippen LogP contribution is -2.30. The van der Waals surface area contributed by atoms with E-state index < -0.39 is 17.7 Å². The first kappa shape index (κ1) is 25.3. The van der Waals surface area contributed by atoms with Crippen LogP contribution in [0.1, 0.15) is 70.5 Å². The average Bonchev–Trinajstić information content (AvgIpc) is 3.07. The van der Waals surface area contributed by atoms with Crippen molar-refractivity contribution < 1.29 is 24.2 Å². The lowest BCUT2D eigenvalue weighted by atomic mass is 9.95. The van der Waals surface area contributed by atoms with Gasteiger partial charge < -0.3 is 19.5 Å². The molecule has 3 rings (SSSR count). The molecule has 182 valence electrons. The third-order valence-corrected chi connectivity index (χ3v) is 5.72. The standard InChI is InChI=1S/C28H35NO5/c1-5-7-8-18-33-22-13-9-20(10-14-22)25-24(27(31)28(32)29(25)17-6-2)26(30)21-11-15-23(16-12-21)34-19(3)4/h9-16,19,25,30H,5-8,17-18H2,1-4H3/b26-24-. The molecule has 1 aliphatic rings. The van der Waals surface area contributed by atoms with Crippen molar-refractivity contribution in [1.82, 2.24) is 4.90 Å². The largest absolute Gasteiger partial charge is 0.507 e. The molecule has 6 heteroatoms. The Kier molecular flexibility index (Phi) is 8.74. The molecule has 0 aromatic heterocycles. The van der Waals surface area contributed by atoms with E-state index in [0.29, 0.717) is 30.9 Å². The Bertz CT molecular complexity index is 1010. The Labute approximate surface area is 202 Å². The van der Waals surface area contributed by atoms with Gasteiger partial charge in [-0.3, -0.25) is 9.59 Å². The molecular weight excluding hydrogens is 430 g/mol. The minimum absolute atomic E-state index is 0.0254. The highest BCUT2D eigenvalue weighted by Gasteiger charge is 2.45.